The van der Waals surface area contributed by atoms with Crippen LogP contribution < -0.4 is 5.32 Å². The Morgan fingerprint density at radius 3 is 0.973 bits per heavy atom. The molecule has 73 heavy (non-hydrogen) atoms. The number of nitrogens with one attached hydrogen (secondary N) is 1. The molecule has 1 aliphatic heterocycles. The van der Waals surface area contributed by atoms with Crippen molar-refractivity contribution in [3.05, 3.63) is 0 Å². The summed E-state index contributed by atoms with van der Waals surface area (Å²) in [5.74, 6) is -0.134. The zero-order valence-electron chi connectivity index (χ0n) is 48.7. The SMILES string of the molecule is CCCCCCCCCCCCCCCCCCCCCCCCCCCCCCCCCCC(=O)NC(COC1OC(CO)C(O)C(O)C1O)C(O)CCCCCCCCCCCCCCCCCCCC. The summed E-state index contributed by atoms with van der Waals surface area (Å²) in [5, 5.41) is 54.8. The quantitative estimate of drug-likeness (QED) is 0.0330. The minimum atomic E-state index is -1.55. The molecule has 0 bridgehead atoms. The van der Waals surface area contributed by atoms with Gasteiger partial charge in [0.2, 0.25) is 5.91 Å². The number of aliphatic hydroxyl groups is 5. The maximum absolute atomic E-state index is 13.1. The van der Waals surface area contributed by atoms with Crippen LogP contribution in [0.25, 0.3) is 0 Å². The number of carbonyl (C=O) groups is 1. The number of rotatable bonds is 58. The molecule has 1 rings (SSSR count). The molecule has 7 atom stereocenters. The number of hydrogen-bond acceptors (Lipinski definition) is 8. The summed E-state index contributed by atoms with van der Waals surface area (Å²) in [5.41, 5.74) is 0. The molecule has 436 valence electrons. The zero-order valence-corrected chi connectivity index (χ0v) is 48.7. The zero-order chi connectivity index (χ0) is 52.9. The van der Waals surface area contributed by atoms with Crippen molar-refractivity contribution in [1.29, 1.82) is 0 Å². The van der Waals surface area contributed by atoms with Gasteiger partial charge in [0.05, 0.1) is 25.4 Å². The van der Waals surface area contributed by atoms with Crippen LogP contribution >= 0.6 is 0 Å². The van der Waals surface area contributed by atoms with Crippen LogP contribution in [0.2, 0.25) is 0 Å². The highest BCUT2D eigenvalue weighted by Gasteiger charge is 2.44. The smallest absolute Gasteiger partial charge is 0.220 e. The molecule has 6 N–H and O–H groups in total. The van der Waals surface area contributed by atoms with Crippen molar-refractivity contribution in [2.75, 3.05) is 13.2 Å². The van der Waals surface area contributed by atoms with E-state index in [1.807, 2.05) is 0 Å². The Bertz CT molecular complexity index is 1110. The molecule has 9 nitrogen and oxygen atoms in total. The molecule has 1 fully saturated rings. The predicted octanol–water partition coefficient (Wildman–Crippen LogP) is 17.0. The topological polar surface area (TPSA) is 149 Å². The van der Waals surface area contributed by atoms with Crippen LogP contribution in [0.15, 0.2) is 0 Å². The Balaban J connectivity index is 2.08. The number of amides is 1. The largest absolute Gasteiger partial charge is 0.394 e. The van der Waals surface area contributed by atoms with Gasteiger partial charge in [-0.2, -0.15) is 0 Å². The second-order valence-electron chi connectivity index (χ2n) is 23.3. The van der Waals surface area contributed by atoms with Gasteiger partial charge in [0.25, 0.3) is 0 Å². The van der Waals surface area contributed by atoms with Crippen molar-refractivity contribution in [1.82, 2.24) is 5.32 Å². The van der Waals surface area contributed by atoms with Crippen LogP contribution in [-0.2, 0) is 14.3 Å². The van der Waals surface area contributed by atoms with Gasteiger partial charge in [-0.25, -0.2) is 0 Å². The third kappa shape index (κ3) is 43.8. The molecular formula is C64H127NO8. The highest BCUT2D eigenvalue weighted by atomic mass is 16.7. The Kier molecular flexibility index (Phi) is 52.5. The average molecular weight is 1040 g/mol. The van der Waals surface area contributed by atoms with Gasteiger partial charge in [0, 0.05) is 6.42 Å². The van der Waals surface area contributed by atoms with Crippen molar-refractivity contribution < 1.29 is 39.8 Å². The van der Waals surface area contributed by atoms with E-state index in [9.17, 15) is 30.3 Å². The molecule has 0 spiro atoms. The van der Waals surface area contributed by atoms with Crippen LogP contribution in [0.1, 0.15) is 348 Å². The Hall–Kier alpha value is -0.810. The minimum absolute atomic E-state index is 0.131. The number of aliphatic hydroxyl groups excluding tert-OH is 5. The highest BCUT2D eigenvalue weighted by Crippen LogP contribution is 2.24. The number of carbonyl (C=O) groups excluding carboxylic acids is 1. The summed E-state index contributed by atoms with van der Waals surface area (Å²) in [4.78, 5) is 13.1. The van der Waals surface area contributed by atoms with Crippen LogP contribution in [-0.4, -0.2) is 87.5 Å². The molecule has 1 amide bonds. The van der Waals surface area contributed by atoms with E-state index in [0.29, 0.717) is 12.8 Å². The molecular weight excluding hydrogens is 911 g/mol. The first-order valence-electron chi connectivity index (χ1n) is 32.7. The maximum Gasteiger partial charge on any atom is 0.220 e. The van der Waals surface area contributed by atoms with Gasteiger partial charge in [-0.15, -0.1) is 0 Å². The van der Waals surface area contributed by atoms with Crippen molar-refractivity contribution in [3.8, 4) is 0 Å². The number of unbranched alkanes of at least 4 members (excludes halogenated alkanes) is 48. The third-order valence-electron chi connectivity index (χ3n) is 16.2. The fourth-order valence-electron chi connectivity index (χ4n) is 11.0. The third-order valence-corrected chi connectivity index (χ3v) is 16.2. The van der Waals surface area contributed by atoms with E-state index in [0.717, 1.165) is 38.5 Å². The van der Waals surface area contributed by atoms with Crippen molar-refractivity contribution in [2.45, 2.75) is 391 Å². The van der Waals surface area contributed by atoms with Crippen molar-refractivity contribution >= 4 is 5.91 Å². The van der Waals surface area contributed by atoms with Gasteiger partial charge < -0.3 is 40.3 Å². The van der Waals surface area contributed by atoms with Crippen LogP contribution in [0.3, 0.4) is 0 Å². The molecule has 0 aromatic rings. The fraction of sp³-hybridized carbons (Fsp3) is 0.984. The van der Waals surface area contributed by atoms with Gasteiger partial charge >= 0.3 is 0 Å². The van der Waals surface area contributed by atoms with Crippen molar-refractivity contribution in [3.63, 3.8) is 0 Å². The molecule has 1 saturated heterocycles. The van der Waals surface area contributed by atoms with E-state index in [1.165, 1.54) is 283 Å². The molecule has 1 aliphatic rings. The standard InChI is InChI=1S/C64H127NO8/c1-3-5-7-9-11-13-15-17-19-21-23-24-25-26-27-28-29-30-31-32-33-34-35-36-38-40-42-44-46-48-50-52-54-60(68)65-57(56-72-64-63(71)62(70)61(69)59(55-66)73-64)58(67)53-51-49-47-45-43-41-39-37-22-20-18-16-14-12-10-8-6-4-2/h57-59,61-64,66-67,69-71H,3-56H2,1-2H3,(H,65,68). The molecule has 0 aliphatic carbocycles. The summed E-state index contributed by atoms with van der Waals surface area (Å²) in [7, 11) is 0. The fourth-order valence-corrected chi connectivity index (χ4v) is 11.0. The normalized spacial score (nSPS) is 18.9. The summed E-state index contributed by atoms with van der Waals surface area (Å²) in [6, 6.07) is -0.714. The molecule has 0 aromatic carbocycles. The lowest BCUT2D eigenvalue weighted by molar-refractivity contribution is -0.302. The molecule has 0 saturated carbocycles. The monoisotopic (exact) mass is 1040 g/mol. The molecule has 9 heteroatoms. The molecule has 7 unspecified atom stereocenters. The molecule has 1 heterocycles. The van der Waals surface area contributed by atoms with Crippen LogP contribution in [0.5, 0.6) is 0 Å². The summed E-state index contributed by atoms with van der Waals surface area (Å²) in [6.07, 6.45) is 60.2. The van der Waals surface area contributed by atoms with E-state index >= 15 is 0 Å². The van der Waals surface area contributed by atoms with E-state index in [4.69, 9.17) is 9.47 Å². The van der Waals surface area contributed by atoms with Gasteiger partial charge in [-0.1, -0.05) is 328 Å². The average Bonchev–Trinajstić information content (AvgIpc) is 3.39. The Morgan fingerprint density at radius 1 is 0.411 bits per heavy atom. The van der Waals surface area contributed by atoms with Gasteiger partial charge in [-0.3, -0.25) is 4.79 Å². The van der Waals surface area contributed by atoms with Crippen molar-refractivity contribution in [2.24, 2.45) is 0 Å². The van der Waals surface area contributed by atoms with Gasteiger partial charge in [0.15, 0.2) is 6.29 Å². The summed E-state index contributed by atoms with van der Waals surface area (Å²) < 4.78 is 11.3. The lowest BCUT2D eigenvalue weighted by atomic mass is 9.99. The van der Waals surface area contributed by atoms with Crippen LogP contribution in [0, 0.1) is 0 Å². The lowest BCUT2D eigenvalue weighted by Crippen LogP contribution is -2.60. The van der Waals surface area contributed by atoms with Gasteiger partial charge in [-0.05, 0) is 12.8 Å². The van der Waals surface area contributed by atoms with E-state index in [1.54, 1.807) is 0 Å². The first-order chi connectivity index (χ1) is 35.8. The van der Waals surface area contributed by atoms with E-state index in [2.05, 4.69) is 19.2 Å². The first kappa shape index (κ1) is 70.2. The predicted molar refractivity (Wildman–Crippen MR) is 309 cm³/mol. The second kappa shape index (κ2) is 54.5. The van der Waals surface area contributed by atoms with E-state index in [-0.39, 0.29) is 12.5 Å². The van der Waals surface area contributed by atoms with E-state index < -0.39 is 49.5 Å². The minimum Gasteiger partial charge on any atom is -0.394 e. The molecule has 0 aromatic heterocycles. The Morgan fingerprint density at radius 2 is 0.685 bits per heavy atom. The lowest BCUT2D eigenvalue weighted by Gasteiger charge is -2.40. The highest BCUT2D eigenvalue weighted by molar-refractivity contribution is 5.76. The van der Waals surface area contributed by atoms with Crippen LogP contribution in [0.4, 0.5) is 0 Å². The first-order valence-corrected chi connectivity index (χ1v) is 32.7. The maximum atomic E-state index is 13.1. The van der Waals surface area contributed by atoms with Gasteiger partial charge in [0.1, 0.15) is 24.4 Å². The summed E-state index contributed by atoms with van der Waals surface area (Å²) in [6.45, 7) is 3.90. The number of ether oxygens (including phenoxy) is 2. The Labute approximate surface area is 453 Å². The summed E-state index contributed by atoms with van der Waals surface area (Å²) >= 11 is 0. The molecule has 0 radical (unpaired) electrons. The number of hydrogen-bond donors (Lipinski definition) is 6. The second-order valence-corrected chi connectivity index (χ2v) is 23.3.